The molecule has 6 heteroatoms. The van der Waals surface area contributed by atoms with Gasteiger partial charge in [-0.05, 0) is 30.7 Å². The fraction of sp³-hybridized carbons (Fsp3) is 0.222. The van der Waals surface area contributed by atoms with Gasteiger partial charge in [0.2, 0.25) is 0 Å². The number of carbonyl (C=O) groups is 1. The van der Waals surface area contributed by atoms with Crippen LogP contribution in [-0.2, 0) is 4.79 Å². The van der Waals surface area contributed by atoms with Gasteiger partial charge < -0.3 is 0 Å². The molecule has 0 heterocycles. The molecular weight excluding hydrogens is 306 g/mol. The number of nitro groups is 1. The molecule has 0 saturated heterocycles. The molecular formula is C18H15N3O3. The molecule has 1 aromatic carbocycles. The normalized spacial score (nSPS) is 30.9. The summed E-state index contributed by atoms with van der Waals surface area (Å²) in [6.07, 6.45) is 12.0. The minimum atomic E-state index is -0.467. The van der Waals surface area contributed by atoms with E-state index in [1.807, 2.05) is 18.2 Å². The van der Waals surface area contributed by atoms with Gasteiger partial charge in [0, 0.05) is 19.2 Å². The topological polar surface area (TPSA) is 75.8 Å². The molecule has 1 unspecified atom stereocenters. The largest absolute Gasteiger partial charge is 0.294 e. The Morgan fingerprint density at radius 3 is 2.46 bits per heavy atom. The Kier molecular flexibility index (Phi) is 2.87. The highest BCUT2D eigenvalue weighted by molar-refractivity contribution is 6.20. The van der Waals surface area contributed by atoms with Crippen molar-refractivity contribution in [3.63, 3.8) is 0 Å². The first-order valence-electron chi connectivity index (χ1n) is 7.65. The number of carbonyl (C=O) groups excluding carboxylic acids is 1. The summed E-state index contributed by atoms with van der Waals surface area (Å²) in [6, 6.07) is 6.23. The zero-order valence-corrected chi connectivity index (χ0v) is 13.0. The van der Waals surface area contributed by atoms with Crippen LogP contribution in [0.25, 0.3) is 0 Å². The van der Waals surface area contributed by atoms with Gasteiger partial charge in [0.25, 0.3) is 5.69 Å². The van der Waals surface area contributed by atoms with E-state index >= 15 is 0 Å². The van der Waals surface area contributed by atoms with E-state index in [4.69, 9.17) is 0 Å². The van der Waals surface area contributed by atoms with Crippen LogP contribution < -0.4 is 5.01 Å². The van der Waals surface area contributed by atoms with E-state index in [1.165, 1.54) is 12.1 Å². The summed E-state index contributed by atoms with van der Waals surface area (Å²) < 4.78 is 0. The van der Waals surface area contributed by atoms with Crippen molar-refractivity contribution in [2.75, 3.05) is 12.1 Å². The second kappa shape index (κ2) is 4.74. The van der Waals surface area contributed by atoms with Gasteiger partial charge in [-0.3, -0.25) is 19.9 Å². The van der Waals surface area contributed by atoms with Crippen LogP contribution in [0.15, 0.2) is 65.8 Å². The molecule has 2 atom stereocenters. The van der Waals surface area contributed by atoms with Crippen molar-refractivity contribution in [2.45, 2.75) is 6.42 Å². The Balaban J connectivity index is 1.67. The zero-order chi connectivity index (χ0) is 16.9. The lowest BCUT2D eigenvalue weighted by atomic mass is 9.78. The second-order valence-corrected chi connectivity index (χ2v) is 6.32. The van der Waals surface area contributed by atoms with Gasteiger partial charge in [0.15, 0.2) is 5.78 Å². The van der Waals surface area contributed by atoms with Crippen LogP contribution in [-0.4, -0.2) is 23.5 Å². The molecule has 0 N–H and O–H groups in total. The Morgan fingerprint density at radius 2 is 1.79 bits per heavy atom. The number of hydrazone groups is 1. The minimum absolute atomic E-state index is 0.0446. The summed E-state index contributed by atoms with van der Waals surface area (Å²) in [5.74, 6) is 0.125. The van der Waals surface area contributed by atoms with Gasteiger partial charge in [-0.1, -0.05) is 24.3 Å². The highest BCUT2D eigenvalue weighted by Gasteiger charge is 2.72. The number of nitro benzene ring substituents is 1. The highest BCUT2D eigenvalue weighted by atomic mass is 16.6. The SMILES string of the molecule is CN(/N=C1\C=CC(=O)C23C=CC=C[C@]12C3)c1ccc([N+](=O)[O-])cc1. The molecule has 1 aromatic rings. The van der Waals surface area contributed by atoms with Gasteiger partial charge in [-0.25, -0.2) is 0 Å². The first kappa shape index (κ1) is 14.6. The van der Waals surface area contributed by atoms with Crippen LogP contribution in [0.3, 0.4) is 0 Å². The molecule has 3 aliphatic rings. The smallest absolute Gasteiger partial charge is 0.269 e. The van der Waals surface area contributed by atoms with E-state index in [0.717, 1.165) is 17.8 Å². The Hall–Kier alpha value is -3.02. The van der Waals surface area contributed by atoms with Crippen LogP contribution >= 0.6 is 0 Å². The number of allylic oxidation sites excluding steroid dienone is 6. The van der Waals surface area contributed by atoms with Gasteiger partial charge >= 0.3 is 0 Å². The second-order valence-electron chi connectivity index (χ2n) is 6.32. The van der Waals surface area contributed by atoms with E-state index in [2.05, 4.69) is 11.2 Å². The lowest BCUT2D eigenvalue weighted by molar-refractivity contribution is -0.384. The number of benzene rings is 1. The molecule has 1 saturated carbocycles. The molecule has 0 bridgehead atoms. The van der Waals surface area contributed by atoms with Crippen molar-refractivity contribution in [3.8, 4) is 0 Å². The predicted molar refractivity (Wildman–Crippen MR) is 90.8 cm³/mol. The number of hydrogen-bond acceptors (Lipinski definition) is 5. The quantitative estimate of drug-likeness (QED) is 0.633. The van der Waals surface area contributed by atoms with E-state index in [-0.39, 0.29) is 16.9 Å². The molecule has 120 valence electrons. The predicted octanol–water partition coefficient (Wildman–Crippen LogP) is 3.03. The van der Waals surface area contributed by atoms with E-state index in [9.17, 15) is 14.9 Å². The summed E-state index contributed by atoms with van der Waals surface area (Å²) in [5, 5.41) is 17.1. The zero-order valence-electron chi connectivity index (χ0n) is 13.0. The number of nitrogens with zero attached hydrogens (tertiary/aromatic N) is 3. The third-order valence-electron chi connectivity index (χ3n) is 5.08. The first-order chi connectivity index (χ1) is 11.5. The average molecular weight is 321 g/mol. The van der Waals surface area contributed by atoms with Crippen LogP contribution in [0.2, 0.25) is 0 Å². The fourth-order valence-electron chi connectivity index (χ4n) is 3.63. The van der Waals surface area contributed by atoms with Gasteiger partial charge in [-0.15, -0.1) is 0 Å². The van der Waals surface area contributed by atoms with Crippen molar-refractivity contribution in [1.29, 1.82) is 0 Å². The monoisotopic (exact) mass is 321 g/mol. The van der Waals surface area contributed by atoms with E-state index in [0.29, 0.717) is 0 Å². The summed E-state index contributed by atoms with van der Waals surface area (Å²) in [7, 11) is 1.79. The van der Waals surface area contributed by atoms with Crippen molar-refractivity contribution < 1.29 is 9.72 Å². The third-order valence-corrected chi connectivity index (χ3v) is 5.08. The van der Waals surface area contributed by atoms with Crippen LogP contribution in [0.5, 0.6) is 0 Å². The third kappa shape index (κ3) is 1.83. The molecule has 0 amide bonds. The molecule has 3 aliphatic carbocycles. The average Bonchev–Trinajstić information content (AvgIpc) is 3.30. The molecule has 1 fully saturated rings. The summed E-state index contributed by atoms with van der Waals surface area (Å²) in [6.45, 7) is 0. The summed E-state index contributed by atoms with van der Waals surface area (Å²) in [4.78, 5) is 22.6. The lowest BCUT2D eigenvalue weighted by Gasteiger charge is -2.26. The van der Waals surface area contributed by atoms with Crippen molar-refractivity contribution in [1.82, 2.24) is 0 Å². The molecule has 0 aromatic heterocycles. The molecule has 0 radical (unpaired) electrons. The lowest BCUT2D eigenvalue weighted by Crippen LogP contribution is -2.32. The maximum Gasteiger partial charge on any atom is 0.269 e. The van der Waals surface area contributed by atoms with Crippen molar-refractivity contribution >= 4 is 22.9 Å². The van der Waals surface area contributed by atoms with Gasteiger partial charge in [0.05, 0.1) is 27.2 Å². The first-order valence-corrected chi connectivity index (χ1v) is 7.65. The minimum Gasteiger partial charge on any atom is -0.294 e. The number of non-ortho nitro benzene ring substituents is 1. The Bertz CT molecular complexity index is 866. The van der Waals surface area contributed by atoms with Crippen LogP contribution in [0.1, 0.15) is 6.42 Å². The maximum atomic E-state index is 12.3. The highest BCUT2D eigenvalue weighted by Crippen LogP contribution is 2.70. The number of anilines is 1. The molecule has 4 rings (SSSR count). The molecule has 24 heavy (non-hydrogen) atoms. The van der Waals surface area contributed by atoms with Crippen LogP contribution in [0, 0.1) is 20.9 Å². The number of rotatable bonds is 3. The van der Waals surface area contributed by atoms with Gasteiger partial charge in [-0.2, -0.15) is 5.10 Å². The Labute approximate surface area is 138 Å². The summed E-state index contributed by atoms with van der Waals surface area (Å²) >= 11 is 0. The van der Waals surface area contributed by atoms with Gasteiger partial charge in [0.1, 0.15) is 0 Å². The summed E-state index contributed by atoms with van der Waals surface area (Å²) in [5.41, 5.74) is 0.817. The molecule has 0 spiro atoms. The maximum absolute atomic E-state index is 12.3. The number of ketones is 1. The van der Waals surface area contributed by atoms with Crippen molar-refractivity contribution in [2.24, 2.45) is 15.9 Å². The number of hydrogen-bond donors (Lipinski definition) is 0. The van der Waals surface area contributed by atoms with Crippen LogP contribution in [0.4, 0.5) is 11.4 Å². The molecule has 6 nitrogen and oxygen atoms in total. The fourth-order valence-corrected chi connectivity index (χ4v) is 3.63. The standard InChI is InChI=1S/C18H15N3O3/c1-20(13-4-6-14(7-5-13)21(23)24)19-15-8-9-16(22)18-11-3-2-10-17(15,18)12-18/h2-11H,12H2,1H3/b19-15+/t17-,18?/m0/s1. The van der Waals surface area contributed by atoms with E-state index < -0.39 is 10.3 Å². The molecule has 0 aliphatic heterocycles. The van der Waals surface area contributed by atoms with E-state index in [1.54, 1.807) is 36.3 Å². The Morgan fingerprint density at radius 1 is 1.12 bits per heavy atom. The van der Waals surface area contributed by atoms with Crippen molar-refractivity contribution in [3.05, 3.63) is 70.8 Å².